The molecule has 2 aromatic carbocycles. The van der Waals surface area contributed by atoms with E-state index in [2.05, 4.69) is 0 Å². The van der Waals surface area contributed by atoms with Crippen LogP contribution in [0.5, 0.6) is 11.5 Å². The fourth-order valence-electron chi connectivity index (χ4n) is 3.75. The number of methoxy groups -OCH3 is 2. The number of ketones is 1. The Morgan fingerprint density at radius 3 is 2.58 bits per heavy atom. The maximum atomic E-state index is 13.4. The summed E-state index contributed by atoms with van der Waals surface area (Å²) in [4.78, 5) is 28.9. The Hall–Kier alpha value is -2.87. The topological polar surface area (TPSA) is 76.1 Å². The third-order valence-electron chi connectivity index (χ3n) is 5.31. The van der Waals surface area contributed by atoms with Gasteiger partial charge in [0.2, 0.25) is 0 Å². The summed E-state index contributed by atoms with van der Waals surface area (Å²) in [5.41, 5.74) is -0.832. The van der Waals surface area contributed by atoms with E-state index in [1.165, 1.54) is 36.5 Å². The lowest BCUT2D eigenvalue weighted by atomic mass is 9.88. The van der Waals surface area contributed by atoms with Crippen LogP contribution in [-0.2, 0) is 16.9 Å². The van der Waals surface area contributed by atoms with Crippen LogP contribution < -0.4 is 14.4 Å². The number of Topliss-reactive ketones (excluding diaryl/α,β-unsaturated/α-hetero) is 1. The number of fused-ring (bicyclic) bond motifs is 1. The predicted molar refractivity (Wildman–Crippen MR) is 119 cm³/mol. The van der Waals surface area contributed by atoms with Crippen LogP contribution in [0.4, 0.5) is 5.69 Å². The molecule has 1 amide bonds. The van der Waals surface area contributed by atoms with Gasteiger partial charge in [-0.3, -0.25) is 9.59 Å². The molecule has 1 aliphatic rings. The summed E-state index contributed by atoms with van der Waals surface area (Å²) in [5.74, 6) is -0.0810. The molecule has 1 N–H and O–H groups in total. The maximum absolute atomic E-state index is 13.4. The van der Waals surface area contributed by atoms with Gasteiger partial charge >= 0.3 is 0 Å². The smallest absolute Gasteiger partial charge is 0.264 e. The molecule has 1 aliphatic heterocycles. The number of carbonyl (C=O) groups excluding carboxylic acids is 2. The Balaban J connectivity index is 1.69. The first-order chi connectivity index (χ1) is 14.9. The Bertz CT molecular complexity index is 1150. The summed E-state index contributed by atoms with van der Waals surface area (Å²) in [6, 6.07) is 13.4. The van der Waals surface area contributed by atoms with Gasteiger partial charge < -0.3 is 19.5 Å². The molecule has 6 nitrogen and oxygen atoms in total. The van der Waals surface area contributed by atoms with E-state index >= 15 is 0 Å². The number of benzene rings is 2. The average Bonchev–Trinajstić information content (AvgIpc) is 3.35. The Morgan fingerprint density at radius 1 is 1.13 bits per heavy atom. The van der Waals surface area contributed by atoms with Crippen molar-refractivity contribution in [2.24, 2.45) is 0 Å². The zero-order valence-electron chi connectivity index (χ0n) is 16.9. The molecule has 0 radical (unpaired) electrons. The summed E-state index contributed by atoms with van der Waals surface area (Å²) in [6.45, 7) is 0.304. The predicted octanol–water partition coefficient (Wildman–Crippen LogP) is 4.43. The molecule has 1 atom stereocenters. The van der Waals surface area contributed by atoms with Gasteiger partial charge in [-0.15, -0.1) is 11.3 Å². The van der Waals surface area contributed by atoms with Crippen LogP contribution in [-0.4, -0.2) is 31.0 Å². The number of amides is 1. The molecule has 0 saturated carbocycles. The second-order valence-electron chi connectivity index (χ2n) is 7.16. The first-order valence-electron chi connectivity index (χ1n) is 9.49. The second kappa shape index (κ2) is 8.34. The SMILES string of the molecule is COc1ccc(C(=O)CC2(O)C(=O)N(Cc3cccs3)c3ccc(Cl)cc32)cc1OC. The number of thiophene rings is 1. The number of carbonyl (C=O) groups is 2. The van der Waals surface area contributed by atoms with E-state index in [0.29, 0.717) is 39.9 Å². The minimum Gasteiger partial charge on any atom is -0.493 e. The van der Waals surface area contributed by atoms with Gasteiger partial charge in [0.15, 0.2) is 22.9 Å². The number of aliphatic hydroxyl groups is 1. The fourth-order valence-corrected chi connectivity index (χ4v) is 4.62. The Kier molecular flexibility index (Phi) is 5.75. The highest BCUT2D eigenvalue weighted by molar-refractivity contribution is 7.09. The number of anilines is 1. The van der Waals surface area contributed by atoms with Crippen LogP contribution in [0.1, 0.15) is 27.2 Å². The molecule has 0 saturated heterocycles. The highest BCUT2D eigenvalue weighted by Crippen LogP contribution is 2.45. The van der Waals surface area contributed by atoms with Gasteiger partial charge in [0.05, 0.1) is 32.9 Å². The molecule has 3 aromatic rings. The molecule has 0 bridgehead atoms. The molecule has 31 heavy (non-hydrogen) atoms. The first-order valence-corrected chi connectivity index (χ1v) is 10.7. The van der Waals surface area contributed by atoms with E-state index < -0.39 is 23.7 Å². The summed E-state index contributed by atoms with van der Waals surface area (Å²) in [6.07, 6.45) is -0.421. The van der Waals surface area contributed by atoms with Crippen molar-refractivity contribution in [1.29, 1.82) is 0 Å². The monoisotopic (exact) mass is 457 g/mol. The highest BCUT2D eigenvalue weighted by Gasteiger charge is 2.51. The number of ether oxygens (including phenoxy) is 2. The van der Waals surface area contributed by atoms with Gasteiger partial charge in [-0.25, -0.2) is 0 Å². The van der Waals surface area contributed by atoms with Gasteiger partial charge in [0.25, 0.3) is 5.91 Å². The Labute approximate surface area is 188 Å². The standard InChI is InChI=1S/C23H20ClNO5S/c1-29-20-8-5-14(10-21(20)30-2)19(26)12-23(28)17-11-15(24)6-7-18(17)25(22(23)27)13-16-4-3-9-31-16/h3-11,28H,12-13H2,1-2H3. The minimum atomic E-state index is -2.01. The zero-order valence-corrected chi connectivity index (χ0v) is 18.5. The largest absolute Gasteiger partial charge is 0.493 e. The van der Waals surface area contributed by atoms with Crippen LogP contribution in [0.3, 0.4) is 0 Å². The summed E-state index contributed by atoms with van der Waals surface area (Å²) in [7, 11) is 2.98. The van der Waals surface area contributed by atoms with Crippen molar-refractivity contribution >= 4 is 40.3 Å². The maximum Gasteiger partial charge on any atom is 0.264 e. The second-order valence-corrected chi connectivity index (χ2v) is 8.63. The lowest BCUT2D eigenvalue weighted by Gasteiger charge is -2.22. The fraction of sp³-hybridized carbons (Fsp3) is 0.217. The molecule has 1 unspecified atom stereocenters. The van der Waals surface area contributed by atoms with Gasteiger partial charge in [-0.05, 0) is 47.8 Å². The quantitative estimate of drug-likeness (QED) is 0.531. The Morgan fingerprint density at radius 2 is 1.90 bits per heavy atom. The molecule has 0 spiro atoms. The molecule has 1 aromatic heterocycles. The van der Waals surface area contributed by atoms with Crippen LogP contribution in [0.2, 0.25) is 5.02 Å². The first kappa shape index (κ1) is 21.4. The lowest BCUT2D eigenvalue weighted by Crippen LogP contribution is -2.41. The number of halogens is 1. The van der Waals surface area contributed by atoms with E-state index in [1.54, 1.807) is 30.3 Å². The average molecular weight is 458 g/mol. The van der Waals surface area contributed by atoms with Crippen molar-refractivity contribution in [1.82, 2.24) is 0 Å². The third kappa shape index (κ3) is 3.80. The van der Waals surface area contributed by atoms with Crippen molar-refractivity contribution in [3.63, 3.8) is 0 Å². The molecule has 2 heterocycles. The molecular formula is C23H20ClNO5S. The molecule has 160 valence electrons. The zero-order chi connectivity index (χ0) is 22.2. The van der Waals surface area contributed by atoms with Gasteiger partial charge in [0, 0.05) is 21.0 Å². The molecule has 0 aliphatic carbocycles. The van der Waals surface area contributed by atoms with E-state index in [1.807, 2.05) is 17.5 Å². The van der Waals surface area contributed by atoms with E-state index in [9.17, 15) is 14.7 Å². The van der Waals surface area contributed by atoms with Crippen molar-refractivity contribution in [2.75, 3.05) is 19.1 Å². The van der Waals surface area contributed by atoms with Gasteiger partial charge in [-0.2, -0.15) is 0 Å². The van der Waals surface area contributed by atoms with Crippen LogP contribution in [0.25, 0.3) is 0 Å². The highest BCUT2D eigenvalue weighted by atomic mass is 35.5. The molecule has 8 heteroatoms. The minimum absolute atomic E-state index is 0.304. The molecule has 4 rings (SSSR count). The van der Waals surface area contributed by atoms with Crippen LogP contribution in [0.15, 0.2) is 53.9 Å². The number of hydrogen-bond donors (Lipinski definition) is 1. The van der Waals surface area contributed by atoms with Crippen LogP contribution in [0, 0.1) is 0 Å². The molecule has 0 fully saturated rings. The number of hydrogen-bond acceptors (Lipinski definition) is 6. The third-order valence-corrected chi connectivity index (χ3v) is 6.41. The molecular weight excluding hydrogens is 438 g/mol. The normalized spacial score (nSPS) is 17.5. The van der Waals surface area contributed by atoms with Crippen LogP contribution >= 0.6 is 22.9 Å². The van der Waals surface area contributed by atoms with E-state index in [4.69, 9.17) is 21.1 Å². The van der Waals surface area contributed by atoms with Crippen molar-refractivity contribution in [3.05, 3.63) is 74.9 Å². The van der Waals surface area contributed by atoms with Crippen molar-refractivity contribution in [3.8, 4) is 11.5 Å². The van der Waals surface area contributed by atoms with Crippen molar-refractivity contribution < 1.29 is 24.2 Å². The van der Waals surface area contributed by atoms with E-state index in [0.717, 1.165) is 4.88 Å². The summed E-state index contributed by atoms with van der Waals surface area (Å²) >= 11 is 7.67. The lowest BCUT2D eigenvalue weighted by molar-refractivity contribution is -0.136. The summed E-state index contributed by atoms with van der Waals surface area (Å²) < 4.78 is 10.5. The summed E-state index contributed by atoms with van der Waals surface area (Å²) in [5, 5.41) is 13.8. The van der Waals surface area contributed by atoms with Gasteiger partial charge in [-0.1, -0.05) is 17.7 Å². The van der Waals surface area contributed by atoms with Gasteiger partial charge in [0.1, 0.15) is 0 Å². The van der Waals surface area contributed by atoms with Crippen molar-refractivity contribution in [2.45, 2.75) is 18.6 Å². The number of nitrogens with zero attached hydrogens (tertiary/aromatic N) is 1. The van der Waals surface area contributed by atoms with E-state index in [-0.39, 0.29) is 0 Å². The number of rotatable bonds is 7.